The molecule has 0 amide bonds. The molecule has 0 fully saturated rings. The minimum absolute atomic E-state index is 0.447. The molecule has 1 unspecified atom stereocenters. The zero-order valence-corrected chi connectivity index (χ0v) is 12.5. The Labute approximate surface area is 114 Å². The van der Waals surface area contributed by atoms with Crippen LogP contribution in [0.3, 0.4) is 0 Å². The number of aryl methyl sites for hydroxylation is 1. The maximum atomic E-state index is 5.49. The van der Waals surface area contributed by atoms with Crippen molar-refractivity contribution < 1.29 is 0 Å². The summed E-state index contributed by atoms with van der Waals surface area (Å²) in [4.78, 5) is 3.32. The van der Waals surface area contributed by atoms with Crippen molar-refractivity contribution >= 4 is 23.3 Å². The van der Waals surface area contributed by atoms with Crippen molar-refractivity contribution in [2.24, 2.45) is 5.92 Å². The van der Waals surface area contributed by atoms with Gasteiger partial charge in [-0.1, -0.05) is 32.8 Å². The van der Waals surface area contributed by atoms with Crippen LogP contribution in [0.15, 0.2) is 18.2 Å². The molecular weight excluding hydrogens is 240 g/mol. The molecule has 1 N–H and O–H groups in total. The monoisotopic (exact) mass is 262 g/mol. The van der Waals surface area contributed by atoms with E-state index in [0.717, 1.165) is 10.3 Å². The normalized spacial score (nSPS) is 13.4. The van der Waals surface area contributed by atoms with Gasteiger partial charge in [-0.25, -0.2) is 0 Å². The fraction of sp³-hybridized carbons (Fsp3) is 0.533. The molecule has 2 nitrogen and oxygen atoms in total. The Morgan fingerprint density at radius 3 is 2.56 bits per heavy atom. The summed E-state index contributed by atoms with van der Waals surface area (Å²) in [5.74, 6) is 0.677. The maximum Gasteiger partial charge on any atom is 0.178 e. The number of nitrogens with zero attached hydrogens (tertiary/aromatic N) is 1. The minimum Gasteiger partial charge on any atom is -0.331 e. The maximum absolute atomic E-state index is 5.49. The molecule has 1 atom stereocenters. The summed E-state index contributed by atoms with van der Waals surface area (Å²) in [6, 6.07) is 6.92. The van der Waals surface area contributed by atoms with Gasteiger partial charge in [0.1, 0.15) is 0 Å². The fourth-order valence-corrected chi connectivity index (χ4v) is 3.19. The third kappa shape index (κ3) is 2.24. The van der Waals surface area contributed by atoms with Gasteiger partial charge in [0.25, 0.3) is 0 Å². The second kappa shape index (κ2) is 5.27. The standard InChI is InChI=1S/C15H22N2S/c1-5-12(6-2)11(4)17-14-9-10(3)7-8-13(14)16-15(17)18/h7-9,11-12H,5-6H2,1-4H3,(H,16,18). The van der Waals surface area contributed by atoms with Crippen LogP contribution in [-0.4, -0.2) is 9.55 Å². The van der Waals surface area contributed by atoms with Crippen LogP contribution in [0.25, 0.3) is 11.0 Å². The largest absolute Gasteiger partial charge is 0.331 e. The van der Waals surface area contributed by atoms with E-state index in [0.29, 0.717) is 12.0 Å². The van der Waals surface area contributed by atoms with Crippen LogP contribution in [-0.2, 0) is 0 Å². The van der Waals surface area contributed by atoms with Gasteiger partial charge in [0, 0.05) is 6.04 Å². The summed E-state index contributed by atoms with van der Waals surface area (Å²) in [6.07, 6.45) is 2.38. The van der Waals surface area contributed by atoms with Crippen molar-refractivity contribution in [2.45, 2.75) is 46.6 Å². The Kier molecular flexibility index (Phi) is 3.91. The summed E-state index contributed by atoms with van der Waals surface area (Å²) >= 11 is 5.49. The Morgan fingerprint density at radius 2 is 1.94 bits per heavy atom. The molecule has 1 aromatic heterocycles. The molecule has 0 saturated carbocycles. The van der Waals surface area contributed by atoms with Gasteiger partial charge >= 0.3 is 0 Å². The van der Waals surface area contributed by atoms with E-state index in [1.807, 2.05) is 0 Å². The molecule has 0 aliphatic rings. The third-order valence-corrected chi connectivity index (χ3v) is 4.31. The number of aromatic amines is 1. The zero-order chi connectivity index (χ0) is 13.3. The van der Waals surface area contributed by atoms with Crippen molar-refractivity contribution in [3.63, 3.8) is 0 Å². The highest BCUT2D eigenvalue weighted by atomic mass is 32.1. The first-order chi connectivity index (χ1) is 8.58. The second-order valence-electron chi connectivity index (χ2n) is 5.14. The number of fused-ring (bicyclic) bond motifs is 1. The number of hydrogen-bond donors (Lipinski definition) is 1. The predicted octanol–water partition coefficient (Wildman–Crippen LogP) is 5.00. The molecule has 0 bridgehead atoms. The molecular formula is C15H22N2S. The van der Waals surface area contributed by atoms with E-state index in [1.54, 1.807) is 0 Å². The summed E-state index contributed by atoms with van der Waals surface area (Å²) in [7, 11) is 0. The molecule has 0 spiro atoms. The highest BCUT2D eigenvalue weighted by Crippen LogP contribution is 2.28. The molecule has 18 heavy (non-hydrogen) atoms. The van der Waals surface area contributed by atoms with Gasteiger partial charge in [0.2, 0.25) is 0 Å². The van der Waals surface area contributed by atoms with E-state index in [1.165, 1.54) is 23.9 Å². The smallest absolute Gasteiger partial charge is 0.178 e. The quantitative estimate of drug-likeness (QED) is 0.769. The minimum atomic E-state index is 0.447. The van der Waals surface area contributed by atoms with E-state index >= 15 is 0 Å². The SMILES string of the molecule is CCC(CC)C(C)n1c(=S)[nH]c2ccc(C)cc21. The van der Waals surface area contributed by atoms with Crippen molar-refractivity contribution in [3.05, 3.63) is 28.5 Å². The lowest BCUT2D eigenvalue weighted by molar-refractivity contribution is 0.337. The number of hydrogen-bond acceptors (Lipinski definition) is 1. The molecule has 0 saturated heterocycles. The highest BCUT2D eigenvalue weighted by Gasteiger charge is 2.18. The average Bonchev–Trinajstić information content (AvgIpc) is 2.65. The zero-order valence-electron chi connectivity index (χ0n) is 11.7. The molecule has 2 rings (SSSR count). The first-order valence-corrected chi connectivity index (χ1v) is 7.20. The fourth-order valence-electron chi connectivity index (χ4n) is 2.82. The van der Waals surface area contributed by atoms with Gasteiger partial charge in [0.15, 0.2) is 4.77 Å². The van der Waals surface area contributed by atoms with Crippen LogP contribution < -0.4 is 0 Å². The third-order valence-electron chi connectivity index (χ3n) is 4.01. The van der Waals surface area contributed by atoms with E-state index in [2.05, 4.69) is 55.4 Å². The summed E-state index contributed by atoms with van der Waals surface area (Å²) < 4.78 is 3.13. The summed E-state index contributed by atoms with van der Waals surface area (Å²) in [6.45, 7) is 8.92. The molecule has 0 radical (unpaired) electrons. The summed E-state index contributed by atoms with van der Waals surface area (Å²) in [5.41, 5.74) is 3.66. The number of nitrogens with one attached hydrogen (secondary N) is 1. The average molecular weight is 262 g/mol. The van der Waals surface area contributed by atoms with Gasteiger partial charge in [-0.3, -0.25) is 0 Å². The Morgan fingerprint density at radius 1 is 1.28 bits per heavy atom. The number of imidazole rings is 1. The van der Waals surface area contributed by atoms with E-state index < -0.39 is 0 Å². The van der Waals surface area contributed by atoms with Crippen molar-refractivity contribution in [1.29, 1.82) is 0 Å². The van der Waals surface area contributed by atoms with E-state index in [9.17, 15) is 0 Å². The molecule has 3 heteroatoms. The van der Waals surface area contributed by atoms with Crippen molar-refractivity contribution in [3.8, 4) is 0 Å². The number of benzene rings is 1. The highest BCUT2D eigenvalue weighted by molar-refractivity contribution is 7.71. The van der Waals surface area contributed by atoms with Crippen LogP contribution >= 0.6 is 12.2 Å². The molecule has 2 aromatic rings. The molecule has 98 valence electrons. The van der Waals surface area contributed by atoms with Gasteiger partial charge < -0.3 is 9.55 Å². The van der Waals surface area contributed by atoms with Gasteiger partial charge in [-0.15, -0.1) is 0 Å². The van der Waals surface area contributed by atoms with Gasteiger partial charge in [-0.2, -0.15) is 0 Å². The van der Waals surface area contributed by atoms with Crippen LogP contribution in [0, 0.1) is 17.6 Å². The predicted molar refractivity (Wildman–Crippen MR) is 80.6 cm³/mol. The molecule has 1 aromatic carbocycles. The first-order valence-electron chi connectivity index (χ1n) is 6.79. The van der Waals surface area contributed by atoms with Crippen LogP contribution in [0.1, 0.15) is 45.2 Å². The molecule has 0 aliphatic carbocycles. The van der Waals surface area contributed by atoms with Crippen LogP contribution in [0.4, 0.5) is 0 Å². The molecule has 1 heterocycles. The van der Waals surface area contributed by atoms with Crippen LogP contribution in [0.5, 0.6) is 0 Å². The molecule has 0 aliphatic heterocycles. The Hall–Kier alpha value is -1.09. The lowest BCUT2D eigenvalue weighted by Gasteiger charge is -2.23. The van der Waals surface area contributed by atoms with Crippen molar-refractivity contribution in [2.75, 3.05) is 0 Å². The van der Waals surface area contributed by atoms with Crippen LogP contribution in [0.2, 0.25) is 0 Å². The number of rotatable bonds is 4. The van der Waals surface area contributed by atoms with E-state index in [4.69, 9.17) is 12.2 Å². The van der Waals surface area contributed by atoms with Crippen molar-refractivity contribution in [1.82, 2.24) is 9.55 Å². The lowest BCUT2D eigenvalue weighted by Crippen LogP contribution is -2.15. The van der Waals surface area contributed by atoms with Gasteiger partial charge in [0.05, 0.1) is 11.0 Å². The Balaban J connectivity index is 2.59. The topological polar surface area (TPSA) is 20.7 Å². The lowest BCUT2D eigenvalue weighted by atomic mass is 9.95. The van der Waals surface area contributed by atoms with E-state index in [-0.39, 0.29) is 0 Å². The second-order valence-corrected chi connectivity index (χ2v) is 5.52. The number of H-pyrrole nitrogens is 1. The number of aromatic nitrogens is 2. The Bertz CT molecular complexity index is 590. The van der Waals surface area contributed by atoms with Gasteiger partial charge in [-0.05, 0) is 49.7 Å². The first kappa shape index (κ1) is 13.3. The summed E-state index contributed by atoms with van der Waals surface area (Å²) in [5, 5.41) is 0.